The molecule has 0 saturated heterocycles. The lowest BCUT2D eigenvalue weighted by Gasteiger charge is -2.00. The van der Waals surface area contributed by atoms with E-state index in [1.54, 1.807) is 11.3 Å². The maximum Gasteiger partial charge on any atom is 0.195 e. The number of thiazole rings is 1. The molecule has 2 heterocycles. The molecule has 0 radical (unpaired) electrons. The Morgan fingerprint density at radius 1 is 1.42 bits per heavy atom. The maximum absolute atomic E-state index is 5.20. The van der Waals surface area contributed by atoms with E-state index in [-0.39, 0.29) is 0 Å². The zero-order valence-electron chi connectivity index (χ0n) is 10.2. The lowest BCUT2D eigenvalue weighted by molar-refractivity contribution is 0.748. The van der Waals surface area contributed by atoms with Gasteiger partial charge in [-0.25, -0.2) is 4.98 Å². The Balaban J connectivity index is 1.96. The molecule has 0 amide bonds. The molecule has 6 heteroatoms. The number of rotatable bonds is 4. The van der Waals surface area contributed by atoms with Gasteiger partial charge in [0.2, 0.25) is 0 Å². The summed E-state index contributed by atoms with van der Waals surface area (Å²) in [6, 6.07) is 8.13. The van der Waals surface area contributed by atoms with E-state index in [0.717, 1.165) is 16.3 Å². The number of benzene rings is 1. The molecule has 3 rings (SSSR count). The predicted octanol–water partition coefficient (Wildman–Crippen LogP) is 3.33. The molecular weight excluding hydrogens is 276 g/mol. The van der Waals surface area contributed by atoms with Gasteiger partial charge in [0.25, 0.3) is 0 Å². The van der Waals surface area contributed by atoms with Crippen LogP contribution in [0.15, 0.2) is 36.9 Å². The van der Waals surface area contributed by atoms with Crippen LogP contribution in [0.5, 0.6) is 0 Å². The van der Waals surface area contributed by atoms with Gasteiger partial charge in [0, 0.05) is 6.54 Å². The first-order chi connectivity index (χ1) is 9.28. The SMILES string of the molecule is C=CCn1c(Cc2nc3ccccc3s2)n[nH]c1=S. The van der Waals surface area contributed by atoms with Gasteiger partial charge in [-0.3, -0.25) is 9.67 Å². The Hall–Kier alpha value is -1.79. The highest BCUT2D eigenvalue weighted by atomic mass is 32.1. The highest BCUT2D eigenvalue weighted by Crippen LogP contribution is 2.23. The number of H-pyrrole nitrogens is 1. The van der Waals surface area contributed by atoms with Crippen LogP contribution in [0.25, 0.3) is 10.2 Å². The van der Waals surface area contributed by atoms with Crippen LogP contribution in [-0.4, -0.2) is 19.7 Å². The number of nitrogens with zero attached hydrogens (tertiary/aromatic N) is 3. The molecule has 0 aliphatic carbocycles. The average molecular weight is 288 g/mol. The quantitative estimate of drug-likeness (QED) is 0.591. The van der Waals surface area contributed by atoms with Gasteiger partial charge in [-0.15, -0.1) is 17.9 Å². The molecule has 0 unspecified atom stereocenters. The lowest BCUT2D eigenvalue weighted by Crippen LogP contribution is -2.03. The Morgan fingerprint density at radius 3 is 3.05 bits per heavy atom. The van der Waals surface area contributed by atoms with Crippen molar-refractivity contribution in [1.82, 2.24) is 19.7 Å². The third-order valence-corrected chi connectivity index (χ3v) is 4.14. The number of fused-ring (bicyclic) bond motifs is 1. The first kappa shape index (κ1) is 12.3. The fourth-order valence-corrected chi connectivity index (χ4v) is 3.12. The minimum Gasteiger partial charge on any atom is -0.300 e. The van der Waals surface area contributed by atoms with Gasteiger partial charge in [-0.1, -0.05) is 18.2 Å². The molecule has 0 aliphatic rings. The number of para-hydroxylation sites is 1. The largest absolute Gasteiger partial charge is 0.300 e. The Kier molecular flexibility index (Phi) is 3.27. The summed E-state index contributed by atoms with van der Waals surface area (Å²) in [5.74, 6) is 0.893. The number of nitrogens with one attached hydrogen (secondary N) is 1. The topological polar surface area (TPSA) is 46.5 Å². The third-order valence-electron chi connectivity index (χ3n) is 2.80. The van der Waals surface area contributed by atoms with Crippen molar-refractivity contribution in [3.63, 3.8) is 0 Å². The Morgan fingerprint density at radius 2 is 2.26 bits per heavy atom. The molecule has 3 aromatic rings. The highest BCUT2D eigenvalue weighted by molar-refractivity contribution is 7.71. The number of hydrogen-bond acceptors (Lipinski definition) is 4. The second kappa shape index (κ2) is 5.07. The molecule has 4 nitrogen and oxygen atoms in total. The van der Waals surface area contributed by atoms with E-state index in [9.17, 15) is 0 Å². The minimum atomic E-state index is 0.621. The highest BCUT2D eigenvalue weighted by Gasteiger charge is 2.09. The summed E-state index contributed by atoms with van der Waals surface area (Å²) in [6.07, 6.45) is 2.49. The second-order valence-electron chi connectivity index (χ2n) is 4.10. The summed E-state index contributed by atoms with van der Waals surface area (Å²) in [7, 11) is 0. The van der Waals surface area contributed by atoms with Crippen molar-refractivity contribution in [2.45, 2.75) is 13.0 Å². The number of allylic oxidation sites excluding steroid dienone is 1. The van der Waals surface area contributed by atoms with E-state index in [4.69, 9.17) is 12.2 Å². The summed E-state index contributed by atoms with van der Waals surface area (Å²) >= 11 is 6.89. The molecule has 0 bridgehead atoms. The monoisotopic (exact) mass is 288 g/mol. The van der Waals surface area contributed by atoms with Crippen LogP contribution >= 0.6 is 23.6 Å². The fraction of sp³-hybridized carbons (Fsp3) is 0.154. The number of aromatic amines is 1. The van der Waals surface area contributed by atoms with Crippen molar-refractivity contribution in [3.8, 4) is 0 Å². The van der Waals surface area contributed by atoms with Gasteiger partial charge in [-0.05, 0) is 24.4 Å². The summed E-state index contributed by atoms with van der Waals surface area (Å²) in [6.45, 7) is 4.40. The Bertz CT molecular complexity index is 748. The van der Waals surface area contributed by atoms with Gasteiger partial charge >= 0.3 is 0 Å². The van der Waals surface area contributed by atoms with Gasteiger partial charge in [0.1, 0.15) is 10.8 Å². The maximum atomic E-state index is 5.20. The standard InChI is InChI=1S/C13H12N4S2/c1-2-7-17-11(15-16-13(17)18)8-12-14-9-5-3-4-6-10(9)19-12/h2-6H,1,7-8H2,(H,16,18). The molecule has 0 saturated carbocycles. The van der Waals surface area contributed by atoms with Gasteiger partial charge in [0.15, 0.2) is 4.77 Å². The summed E-state index contributed by atoms with van der Waals surface area (Å²) in [5, 5.41) is 8.13. The molecule has 1 aromatic carbocycles. The van der Waals surface area contributed by atoms with E-state index < -0.39 is 0 Å². The zero-order valence-corrected chi connectivity index (χ0v) is 11.8. The third kappa shape index (κ3) is 2.36. The molecule has 1 N–H and O–H groups in total. The first-order valence-corrected chi connectivity index (χ1v) is 7.10. The molecule has 19 heavy (non-hydrogen) atoms. The van der Waals surface area contributed by atoms with Gasteiger partial charge < -0.3 is 0 Å². The fourth-order valence-electron chi connectivity index (χ4n) is 1.93. The van der Waals surface area contributed by atoms with Crippen molar-refractivity contribution in [1.29, 1.82) is 0 Å². The first-order valence-electron chi connectivity index (χ1n) is 5.87. The molecule has 0 aliphatic heterocycles. The lowest BCUT2D eigenvalue weighted by atomic mass is 10.3. The van der Waals surface area contributed by atoms with Crippen molar-refractivity contribution in [2.75, 3.05) is 0 Å². The summed E-state index contributed by atoms with van der Waals surface area (Å²) in [4.78, 5) is 4.61. The van der Waals surface area contributed by atoms with Crippen molar-refractivity contribution < 1.29 is 0 Å². The van der Waals surface area contributed by atoms with E-state index in [2.05, 4.69) is 27.8 Å². The van der Waals surface area contributed by atoms with Gasteiger partial charge in [-0.2, -0.15) is 5.10 Å². The van der Waals surface area contributed by atoms with Gasteiger partial charge in [0.05, 0.1) is 16.6 Å². The molecular formula is C13H12N4S2. The van der Waals surface area contributed by atoms with Crippen LogP contribution in [0.1, 0.15) is 10.8 Å². The minimum absolute atomic E-state index is 0.621. The molecule has 0 fully saturated rings. The molecule has 2 aromatic heterocycles. The average Bonchev–Trinajstić information content (AvgIpc) is 2.96. The van der Waals surface area contributed by atoms with Crippen LogP contribution in [0.4, 0.5) is 0 Å². The summed E-state index contributed by atoms with van der Waals surface area (Å²) < 4.78 is 3.76. The summed E-state index contributed by atoms with van der Waals surface area (Å²) in [5.41, 5.74) is 1.03. The molecule has 96 valence electrons. The van der Waals surface area contributed by atoms with Crippen LogP contribution < -0.4 is 0 Å². The van der Waals surface area contributed by atoms with E-state index >= 15 is 0 Å². The zero-order chi connectivity index (χ0) is 13.2. The van der Waals surface area contributed by atoms with Crippen molar-refractivity contribution in [3.05, 3.63) is 52.5 Å². The molecule has 0 atom stereocenters. The second-order valence-corrected chi connectivity index (χ2v) is 5.60. The van der Waals surface area contributed by atoms with E-state index in [1.807, 2.05) is 28.8 Å². The van der Waals surface area contributed by atoms with Crippen LogP contribution in [0.3, 0.4) is 0 Å². The Labute approximate surface area is 119 Å². The smallest absolute Gasteiger partial charge is 0.195 e. The van der Waals surface area contributed by atoms with Crippen LogP contribution in [0, 0.1) is 4.77 Å². The van der Waals surface area contributed by atoms with Crippen LogP contribution in [0.2, 0.25) is 0 Å². The van der Waals surface area contributed by atoms with Crippen molar-refractivity contribution in [2.24, 2.45) is 0 Å². The molecule has 0 spiro atoms. The normalized spacial score (nSPS) is 10.9. The predicted molar refractivity (Wildman–Crippen MR) is 80.0 cm³/mol. The van der Waals surface area contributed by atoms with Crippen LogP contribution in [-0.2, 0) is 13.0 Å². The van der Waals surface area contributed by atoms with Crippen molar-refractivity contribution >= 4 is 33.8 Å². The number of hydrogen-bond donors (Lipinski definition) is 1. The number of aromatic nitrogens is 4. The van der Waals surface area contributed by atoms with E-state index in [1.165, 1.54) is 4.70 Å². The van der Waals surface area contributed by atoms with E-state index in [0.29, 0.717) is 17.7 Å².